The third-order valence-corrected chi connectivity index (χ3v) is 4.82. The molecule has 5 heteroatoms. The van der Waals surface area contributed by atoms with Crippen LogP contribution < -0.4 is 0 Å². The first kappa shape index (κ1) is 13.3. The van der Waals surface area contributed by atoms with Crippen LogP contribution >= 0.6 is 0 Å². The Morgan fingerprint density at radius 1 is 1.22 bits per heavy atom. The first-order valence-electron chi connectivity index (χ1n) is 5.92. The molecular weight excluding hydrogens is 250 g/mol. The minimum atomic E-state index is -3.37. The van der Waals surface area contributed by atoms with Crippen molar-refractivity contribution in [2.75, 3.05) is 26.3 Å². The van der Waals surface area contributed by atoms with Crippen LogP contribution in [0.3, 0.4) is 0 Å². The van der Waals surface area contributed by atoms with Gasteiger partial charge in [0.15, 0.2) is 0 Å². The predicted molar refractivity (Wildman–Crippen MR) is 69.9 cm³/mol. The molecule has 0 saturated carbocycles. The Morgan fingerprint density at radius 3 is 2.39 bits per heavy atom. The van der Waals surface area contributed by atoms with E-state index < -0.39 is 10.0 Å². The highest BCUT2D eigenvalue weighted by Gasteiger charge is 2.25. The van der Waals surface area contributed by atoms with E-state index in [0.29, 0.717) is 31.2 Å². The number of hydrogen-bond acceptors (Lipinski definition) is 3. The zero-order chi connectivity index (χ0) is 13.0. The molecular formula is C13H17NO3S. The van der Waals surface area contributed by atoms with E-state index in [1.54, 1.807) is 18.2 Å². The van der Waals surface area contributed by atoms with Crippen LogP contribution in [0.15, 0.2) is 41.8 Å². The Balaban J connectivity index is 2.20. The highest BCUT2D eigenvalue weighted by Crippen LogP contribution is 2.17. The van der Waals surface area contributed by atoms with E-state index in [2.05, 4.69) is 6.58 Å². The van der Waals surface area contributed by atoms with Gasteiger partial charge in [0.05, 0.1) is 18.1 Å². The van der Waals surface area contributed by atoms with Crippen molar-refractivity contribution in [3.8, 4) is 0 Å². The number of morpholine rings is 1. The molecule has 1 saturated heterocycles. The van der Waals surface area contributed by atoms with Crippen molar-refractivity contribution in [2.45, 2.75) is 11.3 Å². The van der Waals surface area contributed by atoms with Crippen LogP contribution in [0.4, 0.5) is 0 Å². The summed E-state index contributed by atoms with van der Waals surface area (Å²) < 4.78 is 31.2. The zero-order valence-corrected chi connectivity index (χ0v) is 11.0. The van der Waals surface area contributed by atoms with E-state index in [1.165, 1.54) is 4.31 Å². The van der Waals surface area contributed by atoms with Crippen molar-refractivity contribution in [1.82, 2.24) is 4.31 Å². The van der Waals surface area contributed by atoms with Gasteiger partial charge >= 0.3 is 0 Å². The van der Waals surface area contributed by atoms with Crippen LogP contribution in [0.5, 0.6) is 0 Å². The Kier molecular flexibility index (Phi) is 4.16. The molecule has 0 amide bonds. The second-order valence-corrected chi connectivity index (χ2v) is 6.09. The minimum Gasteiger partial charge on any atom is -0.379 e. The van der Waals surface area contributed by atoms with Crippen LogP contribution in [-0.4, -0.2) is 39.0 Å². The average Bonchev–Trinajstić information content (AvgIpc) is 2.41. The molecule has 98 valence electrons. The van der Waals surface area contributed by atoms with Gasteiger partial charge in [0, 0.05) is 13.1 Å². The topological polar surface area (TPSA) is 46.6 Å². The van der Waals surface area contributed by atoms with Crippen LogP contribution in [0.25, 0.3) is 0 Å². The maximum atomic E-state index is 12.3. The fourth-order valence-electron chi connectivity index (χ4n) is 1.90. The Bertz CT molecular complexity index is 502. The van der Waals surface area contributed by atoms with Crippen LogP contribution in [-0.2, 0) is 21.2 Å². The van der Waals surface area contributed by atoms with E-state index in [4.69, 9.17) is 4.74 Å². The lowest BCUT2D eigenvalue weighted by molar-refractivity contribution is 0.0730. The van der Waals surface area contributed by atoms with E-state index >= 15 is 0 Å². The summed E-state index contributed by atoms with van der Waals surface area (Å²) in [5.41, 5.74) is 1.06. The first-order valence-corrected chi connectivity index (χ1v) is 7.36. The van der Waals surface area contributed by atoms with Gasteiger partial charge in [-0.15, -0.1) is 6.58 Å². The number of hydrogen-bond donors (Lipinski definition) is 0. The third-order valence-electron chi connectivity index (χ3n) is 2.91. The maximum Gasteiger partial charge on any atom is 0.243 e. The quantitative estimate of drug-likeness (QED) is 0.775. The van der Waals surface area contributed by atoms with Gasteiger partial charge < -0.3 is 4.74 Å². The molecule has 0 aliphatic carbocycles. The van der Waals surface area contributed by atoms with Gasteiger partial charge in [-0.05, 0) is 24.1 Å². The molecule has 0 aromatic heterocycles. The molecule has 1 aliphatic heterocycles. The monoisotopic (exact) mass is 267 g/mol. The molecule has 2 rings (SSSR count). The van der Waals surface area contributed by atoms with E-state index in [-0.39, 0.29) is 0 Å². The summed E-state index contributed by atoms with van der Waals surface area (Å²) in [6, 6.07) is 6.97. The minimum absolute atomic E-state index is 0.345. The molecule has 18 heavy (non-hydrogen) atoms. The fraction of sp³-hybridized carbons (Fsp3) is 0.385. The van der Waals surface area contributed by atoms with E-state index in [1.807, 2.05) is 12.1 Å². The Hall–Kier alpha value is -1.17. The van der Waals surface area contributed by atoms with Crippen molar-refractivity contribution in [3.63, 3.8) is 0 Å². The highest BCUT2D eigenvalue weighted by molar-refractivity contribution is 7.89. The number of rotatable bonds is 4. The van der Waals surface area contributed by atoms with Gasteiger partial charge in [-0.2, -0.15) is 4.31 Å². The lowest BCUT2D eigenvalue weighted by Crippen LogP contribution is -2.40. The molecule has 1 aromatic carbocycles. The molecule has 0 radical (unpaired) electrons. The van der Waals surface area contributed by atoms with Gasteiger partial charge in [0.1, 0.15) is 0 Å². The average molecular weight is 267 g/mol. The van der Waals surface area contributed by atoms with Gasteiger partial charge in [0.2, 0.25) is 10.0 Å². The van der Waals surface area contributed by atoms with Gasteiger partial charge in [-0.1, -0.05) is 18.2 Å². The summed E-state index contributed by atoms with van der Waals surface area (Å²) >= 11 is 0. The molecule has 0 bridgehead atoms. The van der Waals surface area contributed by atoms with Gasteiger partial charge in [-0.3, -0.25) is 0 Å². The number of ether oxygens (including phenoxy) is 1. The van der Waals surface area contributed by atoms with E-state index in [0.717, 1.165) is 12.0 Å². The van der Waals surface area contributed by atoms with Crippen molar-refractivity contribution in [2.24, 2.45) is 0 Å². The van der Waals surface area contributed by atoms with Crippen molar-refractivity contribution in [1.29, 1.82) is 0 Å². The predicted octanol–water partition coefficient (Wildman–Crippen LogP) is 1.44. The summed E-state index contributed by atoms with van der Waals surface area (Å²) in [5, 5.41) is 0. The molecule has 4 nitrogen and oxygen atoms in total. The molecule has 1 heterocycles. The summed E-state index contributed by atoms with van der Waals surface area (Å²) in [4.78, 5) is 0.345. The highest BCUT2D eigenvalue weighted by atomic mass is 32.2. The van der Waals surface area contributed by atoms with Gasteiger partial charge in [-0.25, -0.2) is 8.42 Å². The molecule has 0 spiro atoms. The van der Waals surface area contributed by atoms with Gasteiger partial charge in [0.25, 0.3) is 0 Å². The number of sulfonamides is 1. The third kappa shape index (κ3) is 2.80. The summed E-state index contributed by atoms with van der Waals surface area (Å²) in [6.07, 6.45) is 2.55. The maximum absolute atomic E-state index is 12.3. The van der Waals surface area contributed by atoms with Crippen LogP contribution in [0.1, 0.15) is 5.56 Å². The second-order valence-electron chi connectivity index (χ2n) is 4.15. The van der Waals surface area contributed by atoms with Crippen LogP contribution in [0, 0.1) is 0 Å². The number of allylic oxidation sites excluding steroid dienone is 1. The molecule has 1 aromatic rings. The lowest BCUT2D eigenvalue weighted by atomic mass is 10.2. The molecule has 0 atom stereocenters. The lowest BCUT2D eigenvalue weighted by Gasteiger charge is -2.26. The summed E-state index contributed by atoms with van der Waals surface area (Å²) in [7, 11) is -3.37. The van der Waals surface area contributed by atoms with E-state index in [9.17, 15) is 8.42 Å². The summed E-state index contributed by atoms with van der Waals surface area (Å²) in [6.45, 7) is 5.45. The summed E-state index contributed by atoms with van der Waals surface area (Å²) in [5.74, 6) is 0. The SMILES string of the molecule is C=CCc1ccc(S(=O)(=O)N2CCOCC2)cc1. The van der Waals surface area contributed by atoms with Crippen molar-refractivity contribution < 1.29 is 13.2 Å². The van der Waals surface area contributed by atoms with Crippen LogP contribution in [0.2, 0.25) is 0 Å². The molecule has 0 N–H and O–H groups in total. The number of benzene rings is 1. The fourth-order valence-corrected chi connectivity index (χ4v) is 3.31. The molecule has 1 fully saturated rings. The standard InChI is InChI=1S/C13H17NO3S/c1-2-3-12-4-6-13(7-5-12)18(15,16)14-8-10-17-11-9-14/h2,4-7H,1,3,8-11H2. The first-order chi connectivity index (χ1) is 8.64. The number of nitrogens with zero attached hydrogens (tertiary/aromatic N) is 1. The van der Waals surface area contributed by atoms with Crippen molar-refractivity contribution >= 4 is 10.0 Å². The second kappa shape index (κ2) is 5.65. The zero-order valence-electron chi connectivity index (χ0n) is 10.2. The molecule has 1 aliphatic rings. The molecule has 0 unspecified atom stereocenters. The Labute approximate surface area is 108 Å². The largest absolute Gasteiger partial charge is 0.379 e. The normalized spacial score (nSPS) is 17.6. The van der Waals surface area contributed by atoms with Crippen molar-refractivity contribution in [3.05, 3.63) is 42.5 Å². The Morgan fingerprint density at radius 2 is 1.83 bits per heavy atom. The smallest absolute Gasteiger partial charge is 0.243 e.